The summed E-state index contributed by atoms with van der Waals surface area (Å²) in [5, 5.41) is 9.51. The third-order valence-electron chi connectivity index (χ3n) is 2.11. The van der Waals surface area contributed by atoms with Gasteiger partial charge in [-0.15, -0.1) is 0 Å². The first-order chi connectivity index (χ1) is 8.56. The molecule has 0 fully saturated rings. The van der Waals surface area contributed by atoms with Crippen molar-refractivity contribution in [3.8, 4) is 0 Å². The van der Waals surface area contributed by atoms with Crippen LogP contribution in [0.1, 0.15) is 28.4 Å². The van der Waals surface area contributed by atoms with Crippen molar-refractivity contribution in [3.63, 3.8) is 0 Å². The average Bonchev–Trinajstić information content (AvgIpc) is 2.36. The summed E-state index contributed by atoms with van der Waals surface area (Å²) in [6.45, 7) is 2.03. The topological polar surface area (TPSA) is 63.6 Å². The number of carbonyl (C=O) groups excluding carboxylic acids is 1. The van der Waals surface area contributed by atoms with Crippen LogP contribution in [0.15, 0.2) is 24.3 Å². The monoisotopic (exact) mass is 312 g/mol. The first-order valence-corrected chi connectivity index (χ1v) is 6.47. The summed E-state index contributed by atoms with van der Waals surface area (Å²) in [5.74, 6) is -1.44. The lowest BCUT2D eigenvalue weighted by atomic mass is 10.1. The van der Waals surface area contributed by atoms with Gasteiger partial charge in [-0.2, -0.15) is 0 Å². The fraction of sp³-hybridized carbons (Fsp3) is 0.231. The zero-order valence-electron chi connectivity index (χ0n) is 9.85. The molecule has 0 bridgehead atoms. The molecule has 0 saturated carbocycles. The molecule has 5 heteroatoms. The van der Waals surface area contributed by atoms with Gasteiger partial charge in [-0.05, 0) is 36.3 Å². The lowest BCUT2D eigenvalue weighted by molar-refractivity contribution is -0.137. The van der Waals surface area contributed by atoms with E-state index in [0.29, 0.717) is 17.5 Å². The number of aromatic carboxylic acids is 1. The third-order valence-corrected chi connectivity index (χ3v) is 2.76. The maximum atomic E-state index is 11.2. The molecule has 0 radical (unpaired) electrons. The van der Waals surface area contributed by atoms with Crippen LogP contribution in [0.2, 0.25) is 0 Å². The SMILES string of the molecule is CCOC(=O)C=Cc1cc(CBr)cc(C(=O)O)c1. The maximum absolute atomic E-state index is 11.2. The molecule has 0 heterocycles. The molecule has 18 heavy (non-hydrogen) atoms. The summed E-state index contributed by atoms with van der Waals surface area (Å²) in [5.41, 5.74) is 1.67. The van der Waals surface area contributed by atoms with E-state index < -0.39 is 11.9 Å². The van der Waals surface area contributed by atoms with E-state index in [2.05, 4.69) is 15.9 Å². The van der Waals surface area contributed by atoms with Gasteiger partial charge in [0.05, 0.1) is 12.2 Å². The molecule has 0 aliphatic carbocycles. The van der Waals surface area contributed by atoms with Crippen LogP contribution in [0.25, 0.3) is 6.08 Å². The summed E-state index contributed by atoms with van der Waals surface area (Å²) in [4.78, 5) is 22.1. The Morgan fingerprint density at radius 3 is 2.67 bits per heavy atom. The van der Waals surface area contributed by atoms with Crippen molar-refractivity contribution in [2.24, 2.45) is 0 Å². The molecular formula is C13H13BrO4. The Kier molecular flexibility index (Phi) is 5.58. The number of hydrogen-bond acceptors (Lipinski definition) is 3. The number of ether oxygens (including phenoxy) is 1. The van der Waals surface area contributed by atoms with Crippen LogP contribution in [0.3, 0.4) is 0 Å². The van der Waals surface area contributed by atoms with Gasteiger partial charge in [0.25, 0.3) is 0 Å². The zero-order valence-corrected chi connectivity index (χ0v) is 11.4. The molecule has 1 rings (SSSR count). The van der Waals surface area contributed by atoms with Crippen molar-refractivity contribution in [2.45, 2.75) is 12.3 Å². The van der Waals surface area contributed by atoms with Crippen LogP contribution in [0.4, 0.5) is 0 Å². The van der Waals surface area contributed by atoms with Crippen molar-refractivity contribution in [2.75, 3.05) is 6.61 Å². The maximum Gasteiger partial charge on any atom is 0.335 e. The van der Waals surface area contributed by atoms with E-state index >= 15 is 0 Å². The molecule has 1 aromatic rings. The first kappa shape index (κ1) is 14.4. The van der Waals surface area contributed by atoms with Gasteiger partial charge >= 0.3 is 11.9 Å². The summed E-state index contributed by atoms with van der Waals surface area (Å²) >= 11 is 3.27. The largest absolute Gasteiger partial charge is 0.478 e. The van der Waals surface area contributed by atoms with Gasteiger partial charge in [0.15, 0.2) is 0 Å². The Hall–Kier alpha value is -1.62. The molecule has 0 saturated heterocycles. The number of rotatable bonds is 5. The number of halogens is 1. The van der Waals surface area contributed by atoms with Crippen LogP contribution in [0, 0.1) is 0 Å². The Bertz CT molecular complexity index is 480. The fourth-order valence-electron chi connectivity index (χ4n) is 1.37. The summed E-state index contributed by atoms with van der Waals surface area (Å²) in [6, 6.07) is 4.89. The van der Waals surface area contributed by atoms with Crippen molar-refractivity contribution in [1.29, 1.82) is 0 Å². The van der Waals surface area contributed by atoms with Crippen molar-refractivity contribution < 1.29 is 19.4 Å². The molecule has 0 atom stereocenters. The molecule has 0 aliphatic rings. The highest BCUT2D eigenvalue weighted by Crippen LogP contribution is 2.14. The Morgan fingerprint density at radius 1 is 1.39 bits per heavy atom. The quantitative estimate of drug-likeness (QED) is 0.516. The minimum absolute atomic E-state index is 0.190. The molecule has 0 aromatic heterocycles. The van der Waals surface area contributed by atoms with Crippen LogP contribution in [-0.4, -0.2) is 23.7 Å². The van der Waals surface area contributed by atoms with Crippen LogP contribution >= 0.6 is 15.9 Å². The van der Waals surface area contributed by atoms with Crippen molar-refractivity contribution >= 4 is 33.9 Å². The van der Waals surface area contributed by atoms with Gasteiger partial charge in [-0.1, -0.05) is 22.0 Å². The molecule has 0 unspecified atom stereocenters. The Morgan fingerprint density at radius 2 is 2.11 bits per heavy atom. The highest BCUT2D eigenvalue weighted by atomic mass is 79.9. The molecule has 4 nitrogen and oxygen atoms in total. The van der Waals surface area contributed by atoms with E-state index in [9.17, 15) is 9.59 Å². The molecule has 0 spiro atoms. The van der Waals surface area contributed by atoms with Gasteiger partial charge in [-0.25, -0.2) is 9.59 Å². The molecule has 1 N–H and O–H groups in total. The number of esters is 1. The summed E-state index contributed by atoms with van der Waals surface area (Å²) < 4.78 is 4.75. The van der Waals surface area contributed by atoms with Crippen LogP contribution < -0.4 is 0 Å². The minimum Gasteiger partial charge on any atom is -0.478 e. The van der Waals surface area contributed by atoms with Gasteiger partial charge in [0, 0.05) is 11.4 Å². The van der Waals surface area contributed by atoms with Crippen LogP contribution in [-0.2, 0) is 14.9 Å². The average molecular weight is 313 g/mol. The Balaban J connectivity index is 2.98. The van der Waals surface area contributed by atoms with Gasteiger partial charge < -0.3 is 9.84 Å². The number of hydrogen-bond donors (Lipinski definition) is 1. The highest BCUT2D eigenvalue weighted by Gasteiger charge is 2.05. The number of carbonyl (C=O) groups is 2. The number of benzene rings is 1. The predicted molar refractivity (Wildman–Crippen MR) is 71.7 cm³/mol. The second-order valence-corrected chi connectivity index (χ2v) is 4.05. The van der Waals surface area contributed by atoms with E-state index in [1.165, 1.54) is 18.2 Å². The smallest absolute Gasteiger partial charge is 0.335 e. The standard InChI is InChI=1S/C13H13BrO4/c1-2-18-12(15)4-3-9-5-10(8-14)7-11(6-9)13(16)17/h3-7H,2,8H2,1H3,(H,16,17). The number of carboxylic acids is 1. The van der Waals surface area contributed by atoms with Gasteiger partial charge in [0.1, 0.15) is 0 Å². The van der Waals surface area contributed by atoms with E-state index in [0.717, 1.165) is 5.56 Å². The zero-order chi connectivity index (χ0) is 13.5. The normalized spacial score (nSPS) is 10.6. The van der Waals surface area contributed by atoms with Crippen molar-refractivity contribution in [3.05, 3.63) is 41.0 Å². The fourth-order valence-corrected chi connectivity index (χ4v) is 1.69. The molecule has 96 valence electrons. The minimum atomic E-state index is -0.997. The van der Waals surface area contributed by atoms with E-state index in [-0.39, 0.29) is 5.56 Å². The molecule has 0 aliphatic heterocycles. The molecule has 0 amide bonds. The summed E-state index contributed by atoms with van der Waals surface area (Å²) in [7, 11) is 0. The van der Waals surface area contributed by atoms with Gasteiger partial charge in [-0.3, -0.25) is 0 Å². The van der Waals surface area contributed by atoms with Crippen molar-refractivity contribution in [1.82, 2.24) is 0 Å². The van der Waals surface area contributed by atoms with Gasteiger partial charge in [0.2, 0.25) is 0 Å². The molecule has 1 aromatic carbocycles. The lowest BCUT2D eigenvalue weighted by Gasteiger charge is -2.02. The first-order valence-electron chi connectivity index (χ1n) is 5.35. The van der Waals surface area contributed by atoms with E-state index in [4.69, 9.17) is 9.84 Å². The number of alkyl halides is 1. The number of carboxylic acid groups (broad SMARTS) is 1. The highest BCUT2D eigenvalue weighted by molar-refractivity contribution is 9.08. The molecular weight excluding hydrogens is 300 g/mol. The van der Waals surface area contributed by atoms with Crippen LogP contribution in [0.5, 0.6) is 0 Å². The predicted octanol–water partition coefficient (Wildman–Crippen LogP) is 2.86. The third kappa shape index (κ3) is 4.33. The second kappa shape index (κ2) is 6.96. The second-order valence-electron chi connectivity index (χ2n) is 3.49. The lowest BCUT2D eigenvalue weighted by Crippen LogP contribution is -2.00. The van der Waals surface area contributed by atoms with E-state index in [1.807, 2.05) is 0 Å². The Labute approximate surface area is 113 Å². The van der Waals surface area contributed by atoms with E-state index in [1.54, 1.807) is 19.1 Å². The summed E-state index contributed by atoms with van der Waals surface area (Å²) in [6.07, 6.45) is 2.82.